The molecule has 0 rings (SSSR count). The van der Waals surface area contributed by atoms with Gasteiger partial charge in [0.1, 0.15) is 5.37 Å². The Balaban J connectivity index is 3.43. The molecule has 24 heavy (non-hydrogen) atoms. The van der Waals surface area contributed by atoms with E-state index in [4.69, 9.17) is 9.66 Å². The first kappa shape index (κ1) is 23.8. The van der Waals surface area contributed by atoms with Gasteiger partial charge in [-0.1, -0.05) is 90.4 Å². The normalized spacial score (nSPS) is 13.3. The van der Waals surface area contributed by atoms with Gasteiger partial charge in [0, 0.05) is 6.54 Å². The maximum Gasteiger partial charge on any atom is 0.281 e. The lowest BCUT2D eigenvalue weighted by Gasteiger charge is -2.14. The molecule has 3 N–H and O–H groups in total. The summed E-state index contributed by atoms with van der Waals surface area (Å²) in [5, 5.41) is 10.4. The van der Waals surface area contributed by atoms with E-state index < -0.39 is 15.5 Å². The van der Waals surface area contributed by atoms with Crippen LogP contribution in [0.3, 0.4) is 0 Å². The molecule has 1 unspecified atom stereocenters. The highest BCUT2D eigenvalue weighted by molar-refractivity contribution is 7.86. The highest BCUT2D eigenvalue weighted by atomic mass is 32.2. The summed E-state index contributed by atoms with van der Waals surface area (Å²) >= 11 is 0. The van der Waals surface area contributed by atoms with Gasteiger partial charge in [-0.05, 0) is 6.42 Å². The number of unbranched alkanes of at least 4 members (excludes halogenated alkanes) is 12. The number of aliphatic hydroxyl groups excluding tert-OH is 1. The molecule has 146 valence electrons. The quantitative estimate of drug-likeness (QED) is 0.249. The van der Waals surface area contributed by atoms with Gasteiger partial charge in [-0.2, -0.15) is 8.42 Å². The van der Waals surface area contributed by atoms with Crippen molar-refractivity contribution in [2.75, 3.05) is 13.2 Å². The average Bonchev–Trinajstić information content (AvgIpc) is 2.53. The van der Waals surface area contributed by atoms with Crippen molar-refractivity contribution in [2.24, 2.45) is 0 Å². The van der Waals surface area contributed by atoms with E-state index in [0.717, 1.165) is 19.3 Å². The summed E-state index contributed by atoms with van der Waals surface area (Å²) in [7, 11) is -4.08. The molecule has 0 aliphatic rings. The third-order valence-corrected chi connectivity index (χ3v) is 5.53. The molecule has 0 aromatic heterocycles. The minimum Gasteiger partial charge on any atom is -0.395 e. The molecule has 0 aromatic carbocycles. The lowest BCUT2D eigenvalue weighted by atomic mass is 10.0. The van der Waals surface area contributed by atoms with Crippen LogP contribution in [0.1, 0.15) is 96.8 Å². The van der Waals surface area contributed by atoms with E-state index in [1.54, 1.807) is 0 Å². The van der Waals surface area contributed by atoms with Gasteiger partial charge in [0.2, 0.25) is 0 Å². The zero-order valence-electron chi connectivity index (χ0n) is 15.5. The summed E-state index contributed by atoms with van der Waals surface area (Å²) in [6.45, 7) is 2.29. The van der Waals surface area contributed by atoms with Crippen LogP contribution in [0.25, 0.3) is 0 Å². The highest BCUT2D eigenvalue weighted by Crippen LogP contribution is 2.14. The van der Waals surface area contributed by atoms with Gasteiger partial charge in [-0.15, -0.1) is 0 Å². The number of hydrogen-bond donors (Lipinski definition) is 3. The molecule has 0 aliphatic carbocycles. The summed E-state index contributed by atoms with van der Waals surface area (Å²) in [4.78, 5) is 0. The molecule has 0 aromatic rings. The van der Waals surface area contributed by atoms with Crippen molar-refractivity contribution in [3.63, 3.8) is 0 Å². The molecule has 5 nitrogen and oxygen atoms in total. The van der Waals surface area contributed by atoms with E-state index in [0.29, 0.717) is 6.42 Å². The lowest BCUT2D eigenvalue weighted by Crippen LogP contribution is -2.38. The Labute approximate surface area is 149 Å². The second-order valence-electron chi connectivity index (χ2n) is 6.71. The van der Waals surface area contributed by atoms with Crippen LogP contribution in [0.5, 0.6) is 0 Å². The predicted molar refractivity (Wildman–Crippen MR) is 101 cm³/mol. The summed E-state index contributed by atoms with van der Waals surface area (Å²) in [6, 6.07) is 0. The molecule has 0 saturated heterocycles. The van der Waals surface area contributed by atoms with Crippen LogP contribution in [0.2, 0.25) is 0 Å². The Hall–Kier alpha value is -0.170. The molecule has 0 aliphatic heterocycles. The summed E-state index contributed by atoms with van der Waals surface area (Å²) < 4.78 is 31.5. The van der Waals surface area contributed by atoms with E-state index >= 15 is 0 Å². The Morgan fingerprint density at radius 1 is 0.792 bits per heavy atom. The second-order valence-corrected chi connectivity index (χ2v) is 8.31. The van der Waals surface area contributed by atoms with E-state index in [-0.39, 0.29) is 13.2 Å². The first-order chi connectivity index (χ1) is 11.5. The maximum absolute atomic E-state index is 11.2. The van der Waals surface area contributed by atoms with Crippen LogP contribution in [0, 0.1) is 0 Å². The average molecular weight is 366 g/mol. The van der Waals surface area contributed by atoms with Crippen molar-refractivity contribution in [1.29, 1.82) is 0 Å². The second kappa shape index (κ2) is 16.3. The van der Waals surface area contributed by atoms with Crippen LogP contribution in [0.15, 0.2) is 0 Å². The molecular weight excluding hydrogens is 326 g/mol. The van der Waals surface area contributed by atoms with Crippen molar-refractivity contribution in [2.45, 2.75) is 102 Å². The van der Waals surface area contributed by atoms with Crippen LogP contribution in [-0.4, -0.2) is 36.6 Å². The van der Waals surface area contributed by atoms with Gasteiger partial charge in [0.05, 0.1) is 6.61 Å². The van der Waals surface area contributed by atoms with Crippen LogP contribution in [0.4, 0.5) is 0 Å². The first-order valence-electron chi connectivity index (χ1n) is 9.83. The maximum atomic E-state index is 11.2. The standard InChI is InChI=1S/C18H39NO4S/c1-2-3-4-5-6-7-8-9-10-11-12-13-14-15-18(19-16-17-20)24(21,22)23/h18-20H,2-17H2,1H3,(H,21,22,23). The molecule has 1 atom stereocenters. The zero-order chi connectivity index (χ0) is 18.1. The Bertz CT molecular complexity index is 360. The number of nitrogens with one attached hydrogen (secondary N) is 1. The highest BCUT2D eigenvalue weighted by Gasteiger charge is 2.21. The van der Waals surface area contributed by atoms with E-state index in [9.17, 15) is 8.42 Å². The van der Waals surface area contributed by atoms with Crippen molar-refractivity contribution in [3.8, 4) is 0 Å². The molecule has 0 amide bonds. The molecule has 0 spiro atoms. The van der Waals surface area contributed by atoms with Crippen LogP contribution in [-0.2, 0) is 10.1 Å². The van der Waals surface area contributed by atoms with Crippen molar-refractivity contribution >= 4 is 10.1 Å². The fourth-order valence-corrected chi connectivity index (χ4v) is 3.72. The minimum atomic E-state index is -4.08. The van der Waals surface area contributed by atoms with Gasteiger partial charge in [-0.3, -0.25) is 9.87 Å². The van der Waals surface area contributed by atoms with Crippen molar-refractivity contribution in [3.05, 3.63) is 0 Å². The van der Waals surface area contributed by atoms with Crippen LogP contribution >= 0.6 is 0 Å². The SMILES string of the molecule is CCCCCCCCCCCCCCCC(NCCO)S(=O)(=O)O. The Morgan fingerprint density at radius 3 is 1.58 bits per heavy atom. The van der Waals surface area contributed by atoms with Gasteiger partial charge < -0.3 is 5.11 Å². The monoisotopic (exact) mass is 365 g/mol. The van der Waals surface area contributed by atoms with Crippen molar-refractivity contribution in [1.82, 2.24) is 5.32 Å². The van der Waals surface area contributed by atoms with Crippen LogP contribution < -0.4 is 5.32 Å². The lowest BCUT2D eigenvalue weighted by molar-refractivity contribution is 0.287. The van der Waals surface area contributed by atoms with Gasteiger partial charge in [0.25, 0.3) is 10.1 Å². The summed E-state index contributed by atoms with van der Waals surface area (Å²) in [6.07, 6.45) is 16.6. The van der Waals surface area contributed by atoms with Crippen molar-refractivity contribution < 1.29 is 18.1 Å². The summed E-state index contributed by atoms with van der Waals surface area (Å²) in [5.41, 5.74) is 0. The van der Waals surface area contributed by atoms with E-state index in [2.05, 4.69) is 12.2 Å². The number of hydrogen-bond acceptors (Lipinski definition) is 4. The van der Waals surface area contributed by atoms with Gasteiger partial charge in [-0.25, -0.2) is 0 Å². The number of aliphatic hydroxyl groups is 1. The third kappa shape index (κ3) is 15.4. The topological polar surface area (TPSA) is 86.6 Å². The van der Waals surface area contributed by atoms with Gasteiger partial charge in [0.15, 0.2) is 0 Å². The molecule has 0 bridgehead atoms. The predicted octanol–water partition coefficient (Wildman–Crippen LogP) is 4.26. The largest absolute Gasteiger partial charge is 0.395 e. The zero-order valence-corrected chi connectivity index (χ0v) is 16.3. The smallest absolute Gasteiger partial charge is 0.281 e. The third-order valence-electron chi connectivity index (χ3n) is 4.41. The minimum absolute atomic E-state index is 0.134. The molecule has 0 fully saturated rings. The number of rotatable bonds is 18. The Morgan fingerprint density at radius 2 is 1.21 bits per heavy atom. The fraction of sp³-hybridized carbons (Fsp3) is 1.00. The first-order valence-corrected chi connectivity index (χ1v) is 11.3. The fourth-order valence-electron chi connectivity index (χ4n) is 2.93. The van der Waals surface area contributed by atoms with E-state index in [1.165, 1.54) is 64.2 Å². The molecule has 0 radical (unpaired) electrons. The van der Waals surface area contributed by atoms with E-state index in [1.807, 2.05) is 0 Å². The summed E-state index contributed by atoms with van der Waals surface area (Å²) in [5.74, 6) is 0. The molecule has 0 saturated carbocycles. The molecular formula is C18H39NO4S. The van der Waals surface area contributed by atoms with Gasteiger partial charge >= 0.3 is 0 Å². The molecule has 6 heteroatoms. The Kier molecular flexibility index (Phi) is 16.2. The molecule has 0 heterocycles.